The lowest BCUT2D eigenvalue weighted by atomic mass is 10.1. The zero-order valence-electron chi connectivity index (χ0n) is 13.7. The molecule has 1 aromatic carbocycles. The normalized spacial score (nSPS) is 13.6. The third-order valence-electron chi connectivity index (χ3n) is 3.71. The molecule has 0 saturated heterocycles. The molecule has 1 saturated carbocycles. The lowest BCUT2D eigenvalue weighted by Gasteiger charge is -2.00. The molecule has 1 amide bonds. The molecule has 0 radical (unpaired) electrons. The third kappa shape index (κ3) is 5.49. The van der Waals surface area contributed by atoms with E-state index in [-0.39, 0.29) is 30.7 Å². The van der Waals surface area contributed by atoms with Gasteiger partial charge in [-0.2, -0.15) is 0 Å². The predicted molar refractivity (Wildman–Crippen MR) is 86.5 cm³/mol. The second kappa shape index (κ2) is 9.46. The van der Waals surface area contributed by atoms with Gasteiger partial charge in [-0.25, -0.2) is 0 Å². The lowest BCUT2D eigenvalue weighted by molar-refractivity contribution is -0.473. The summed E-state index contributed by atoms with van der Waals surface area (Å²) < 4.78 is 5.62. The van der Waals surface area contributed by atoms with E-state index in [9.17, 15) is 4.79 Å². The van der Waals surface area contributed by atoms with Crippen LogP contribution in [0.25, 0.3) is 11.3 Å². The molecule has 0 spiro atoms. The molecule has 1 aromatic heterocycles. The van der Waals surface area contributed by atoms with Gasteiger partial charge in [-0.1, -0.05) is 12.1 Å². The molecule has 0 atom stereocenters. The lowest BCUT2D eigenvalue weighted by Crippen LogP contribution is -3.00. The fraction of sp³-hybridized carbons (Fsp3) is 0.294. The molecule has 6 nitrogen and oxygen atoms in total. The summed E-state index contributed by atoms with van der Waals surface area (Å²) in [6.07, 6.45) is 2.37. The highest BCUT2D eigenvalue weighted by molar-refractivity contribution is 5.94. The molecular weight excluding hydrogens is 363 g/mol. The zero-order valence-corrected chi connectivity index (χ0v) is 15.2. The molecule has 25 heavy (non-hydrogen) atoms. The van der Waals surface area contributed by atoms with Gasteiger partial charge in [0.1, 0.15) is 5.76 Å². The van der Waals surface area contributed by atoms with Crippen LogP contribution in [0.5, 0.6) is 0 Å². The van der Waals surface area contributed by atoms with Crippen molar-refractivity contribution in [1.82, 2.24) is 5.32 Å². The van der Waals surface area contributed by atoms with Crippen molar-refractivity contribution in [3.8, 4) is 11.3 Å². The van der Waals surface area contributed by atoms with Crippen LogP contribution in [0.1, 0.15) is 29.0 Å². The highest BCUT2D eigenvalue weighted by atomic mass is 35.5. The Balaban J connectivity index is 0.00000156. The third-order valence-corrected chi connectivity index (χ3v) is 3.71. The van der Waals surface area contributed by atoms with Crippen LogP contribution in [0.3, 0.4) is 0 Å². The molecule has 8 heteroatoms. The van der Waals surface area contributed by atoms with E-state index in [1.807, 2.05) is 24.3 Å². The summed E-state index contributed by atoms with van der Waals surface area (Å²) in [6, 6.07) is 11.8. The Morgan fingerprint density at radius 1 is 1.20 bits per heavy atom. The van der Waals surface area contributed by atoms with E-state index in [1.165, 1.54) is 12.8 Å². The molecule has 7 N–H and O–H groups in total. The number of carbonyl (C=O) groups excluding carboxylic acids is 1. The monoisotopic (exact) mass is 384 g/mol. The summed E-state index contributed by atoms with van der Waals surface area (Å²) in [4.78, 5) is 15.1. The van der Waals surface area contributed by atoms with E-state index in [4.69, 9.17) is 10.2 Å². The van der Waals surface area contributed by atoms with Crippen LogP contribution >= 0.6 is 0 Å². The summed E-state index contributed by atoms with van der Waals surface area (Å²) in [5.74, 6) is 1.44. The first kappa shape index (κ1) is 21.0. The Morgan fingerprint density at radius 2 is 1.88 bits per heavy atom. The minimum absolute atomic E-state index is 0. The first-order chi connectivity index (χ1) is 11.2. The van der Waals surface area contributed by atoms with Crippen molar-refractivity contribution in [2.75, 3.05) is 13.1 Å². The van der Waals surface area contributed by atoms with Crippen molar-refractivity contribution >= 4 is 11.7 Å². The fourth-order valence-electron chi connectivity index (χ4n) is 2.25. The van der Waals surface area contributed by atoms with Gasteiger partial charge in [0.2, 0.25) is 0 Å². The maximum Gasteiger partial charge on any atom is 0.287 e. The Morgan fingerprint density at radius 3 is 2.48 bits per heavy atom. The van der Waals surface area contributed by atoms with E-state index in [2.05, 4.69) is 16.0 Å². The number of nitrogens with one attached hydrogen (secondary N) is 2. The van der Waals surface area contributed by atoms with Crippen molar-refractivity contribution < 1.29 is 44.8 Å². The van der Waals surface area contributed by atoms with Crippen LogP contribution in [0.4, 0.5) is 0 Å². The van der Waals surface area contributed by atoms with Crippen LogP contribution in [0, 0.1) is 0 Å². The molecule has 1 fully saturated rings. The minimum atomic E-state index is -0.220. The number of quaternary nitrogens is 1. The van der Waals surface area contributed by atoms with E-state index < -0.39 is 0 Å². The highest BCUT2D eigenvalue weighted by Gasteiger charge is 2.24. The average molecular weight is 385 g/mol. The number of furan rings is 1. The molecule has 2 aromatic rings. The number of rotatable bonds is 6. The van der Waals surface area contributed by atoms with Gasteiger partial charge in [-0.3, -0.25) is 15.5 Å². The number of amidine groups is 1. The van der Waals surface area contributed by atoms with Crippen molar-refractivity contribution in [3.63, 3.8) is 0 Å². The predicted octanol–water partition coefficient (Wildman–Crippen LogP) is -7.13. The maximum atomic E-state index is 11.8. The summed E-state index contributed by atoms with van der Waals surface area (Å²) in [6.45, 7) is 1.18. The SMILES string of the molecule is NC(=[NH+]C1CC1)c1ccc(-c2ccc(C(=O)NCC[NH3+])o2)cc1.[Cl-].[Cl-]. The second-order valence-corrected chi connectivity index (χ2v) is 5.68. The number of carbonyl (C=O) groups is 1. The molecular formula is C17H22Cl2N4O2. The van der Waals surface area contributed by atoms with Gasteiger partial charge in [0, 0.05) is 5.56 Å². The summed E-state index contributed by atoms with van der Waals surface area (Å²) in [5.41, 5.74) is 11.6. The summed E-state index contributed by atoms with van der Waals surface area (Å²) >= 11 is 0. The maximum absolute atomic E-state index is 11.8. The Labute approximate surface area is 158 Å². The van der Waals surface area contributed by atoms with Gasteiger partial charge < -0.3 is 40.3 Å². The Kier molecular flexibility index (Phi) is 7.96. The van der Waals surface area contributed by atoms with Crippen LogP contribution < -0.4 is 46.6 Å². The standard InChI is InChI=1S/C17H20N4O2.2ClH/c18-9-10-20-17(22)15-8-7-14(23-15)11-1-3-12(4-2-11)16(19)21-13-5-6-13;;/h1-4,7-8,13H,5-6,9-10,18H2,(H2,19,21)(H,20,22);2*1H. The van der Waals surface area contributed by atoms with Crippen molar-refractivity contribution in [2.24, 2.45) is 5.73 Å². The van der Waals surface area contributed by atoms with Gasteiger partial charge in [-0.15, -0.1) is 0 Å². The Bertz CT molecular complexity index is 725. The van der Waals surface area contributed by atoms with Gasteiger partial charge in [0.25, 0.3) is 11.7 Å². The van der Waals surface area contributed by atoms with Crippen molar-refractivity contribution in [1.29, 1.82) is 0 Å². The highest BCUT2D eigenvalue weighted by Crippen LogP contribution is 2.22. The largest absolute Gasteiger partial charge is 1.00 e. The number of nitrogen functional groups attached to an aromatic ring is 1. The van der Waals surface area contributed by atoms with Gasteiger partial charge in [0.05, 0.1) is 24.7 Å². The second-order valence-electron chi connectivity index (χ2n) is 5.68. The van der Waals surface area contributed by atoms with Crippen LogP contribution in [-0.4, -0.2) is 30.9 Å². The first-order valence-electron chi connectivity index (χ1n) is 7.84. The molecule has 1 aliphatic rings. The minimum Gasteiger partial charge on any atom is -1.00 e. The number of nitrogens with two attached hydrogens (primary N) is 1. The quantitative estimate of drug-likeness (QED) is 0.293. The van der Waals surface area contributed by atoms with E-state index in [0.29, 0.717) is 36.5 Å². The van der Waals surface area contributed by atoms with E-state index in [1.54, 1.807) is 12.1 Å². The van der Waals surface area contributed by atoms with Crippen molar-refractivity contribution in [2.45, 2.75) is 18.9 Å². The molecule has 1 heterocycles. The smallest absolute Gasteiger partial charge is 0.287 e. The number of hydrogen-bond donors (Lipinski definition) is 4. The van der Waals surface area contributed by atoms with Crippen molar-refractivity contribution in [3.05, 3.63) is 47.7 Å². The zero-order chi connectivity index (χ0) is 16.2. The van der Waals surface area contributed by atoms with Crippen LogP contribution in [0.2, 0.25) is 0 Å². The summed E-state index contributed by atoms with van der Waals surface area (Å²) in [7, 11) is 0. The molecule has 3 rings (SSSR count). The molecule has 0 unspecified atom stereocenters. The van der Waals surface area contributed by atoms with Gasteiger partial charge in [0.15, 0.2) is 5.76 Å². The molecule has 0 aliphatic heterocycles. The molecule has 0 bridgehead atoms. The van der Waals surface area contributed by atoms with Crippen LogP contribution in [-0.2, 0) is 0 Å². The molecule has 1 aliphatic carbocycles. The number of amides is 1. The number of hydrogen-bond acceptors (Lipinski definition) is 2. The molecule has 136 valence electrons. The number of benzene rings is 1. The van der Waals surface area contributed by atoms with Gasteiger partial charge >= 0.3 is 0 Å². The Hall–Kier alpha value is -2.02. The number of halogens is 2. The van der Waals surface area contributed by atoms with E-state index in [0.717, 1.165) is 11.1 Å². The average Bonchev–Trinajstić information content (AvgIpc) is 3.24. The first-order valence-corrected chi connectivity index (χ1v) is 7.84. The van der Waals surface area contributed by atoms with Gasteiger partial charge in [-0.05, 0) is 37.1 Å². The summed E-state index contributed by atoms with van der Waals surface area (Å²) in [5, 5.41) is 2.74. The topological polar surface area (TPSA) is 110 Å². The van der Waals surface area contributed by atoms with E-state index >= 15 is 0 Å². The fourth-order valence-corrected chi connectivity index (χ4v) is 2.25. The van der Waals surface area contributed by atoms with Crippen LogP contribution in [0.15, 0.2) is 40.8 Å².